The van der Waals surface area contributed by atoms with Crippen LogP contribution in [0.5, 0.6) is 0 Å². The smallest absolute Gasteiger partial charge is 0.137 e. The molecule has 3 N–H and O–H groups in total. The average Bonchev–Trinajstić information content (AvgIpc) is 1.63. The number of H-pyrrole nitrogens is 3. The highest BCUT2D eigenvalue weighted by Crippen LogP contribution is 2.35. The zero-order chi connectivity index (χ0) is 107. The second kappa shape index (κ2) is 69.7. The third-order valence-corrected chi connectivity index (χ3v) is 22.2. The first kappa shape index (κ1) is 119. The summed E-state index contributed by atoms with van der Waals surface area (Å²) in [5, 5.41) is 18.6. The van der Waals surface area contributed by atoms with E-state index >= 15 is 0 Å². The quantitative estimate of drug-likeness (QED) is 0.122. The van der Waals surface area contributed by atoms with Gasteiger partial charge in [0.25, 0.3) is 0 Å². The van der Waals surface area contributed by atoms with Crippen molar-refractivity contribution >= 4 is 190 Å². The number of imidazole rings is 2. The molecule has 28 rings (SSSR count). The molecule has 0 aliphatic rings. The Hall–Kier alpha value is -17.2. The van der Waals surface area contributed by atoms with E-state index in [0.29, 0.717) is 0 Å². The molecule has 0 aliphatic heterocycles. The topological polar surface area (TPSA) is 194 Å². The molecule has 149 heavy (non-hydrogen) atoms. The number of nitrogens with zero attached hydrogens (tertiary/aromatic N) is 10. The summed E-state index contributed by atoms with van der Waals surface area (Å²) >= 11 is 1.86. The van der Waals surface area contributed by atoms with E-state index < -0.39 is 0 Å². The maximum Gasteiger partial charge on any atom is 0.137 e. The van der Waals surface area contributed by atoms with Gasteiger partial charge in [0.1, 0.15) is 28.7 Å². The minimum Gasteiger partial charge on any atom is -0.464 e. The van der Waals surface area contributed by atoms with Crippen LogP contribution in [0.4, 0.5) is 0 Å². The number of para-hydroxylation sites is 12. The minimum absolute atomic E-state index is 0.949. The standard InChI is InChI=1S/C15H10N2.C12H9N.C12H8O.C12H8S.C11H8N2.C9H7N.3C8H6N2.C8H7N.C8H6O.11C2H6/c1-3-7-12-10(5-1)11-6-2-4-8-13(11)15-14(12)16-9-17-15;3*1-3-7-11-9(5-1)10-6-2-4-8-12(10)13-11;1-2-6-10-9(5-1)12-11-7-3-4-8-13(10)11;1-2-6-9-8(4-1)5-3-7-10-9;1-2-7-6-9-5-3-8(7)10-4-1;1-2-4-8-7(3-1)5-9-6-10-8;1-2-4-8-7(3-1)9-5-6-10-8;2*1-2-4-8-7(3-1)5-6-9-8;11*1-2/h1-9H,(H,16,17);1-8,13H;3*1-8H;1-7H;3*1-6H;1-6,9H;1-6H;11*1-2H3. The van der Waals surface area contributed by atoms with Crippen LogP contribution in [0.3, 0.4) is 0 Å². The lowest BCUT2D eigenvalue weighted by atomic mass is 10.0. The Morgan fingerprint density at radius 3 is 1.17 bits per heavy atom. The summed E-state index contributed by atoms with van der Waals surface area (Å²) in [5.41, 5.74) is 16.9. The molecule has 15 aromatic carbocycles. The summed E-state index contributed by atoms with van der Waals surface area (Å²) < 4.78 is 15.6. The normalized spacial score (nSPS) is 9.54. The van der Waals surface area contributed by atoms with Crippen molar-refractivity contribution in [3.05, 3.63) is 475 Å². The van der Waals surface area contributed by atoms with Crippen LogP contribution < -0.4 is 0 Å². The predicted octanol–water partition coefficient (Wildman–Crippen LogP) is 40.3. The molecule has 0 bridgehead atoms. The number of benzene rings is 15. The van der Waals surface area contributed by atoms with Crippen LogP contribution in [0.25, 0.3) is 179 Å². The third-order valence-electron chi connectivity index (χ3n) is 21.0. The molecule has 762 valence electrons. The number of thiophene rings is 1. The Morgan fingerprint density at radius 2 is 0.638 bits per heavy atom. The maximum atomic E-state index is 5.65. The first-order valence-electron chi connectivity index (χ1n) is 52.5. The van der Waals surface area contributed by atoms with Gasteiger partial charge in [-0.25, -0.2) is 19.9 Å². The first-order valence-corrected chi connectivity index (χ1v) is 53.3. The zero-order valence-electron chi connectivity index (χ0n) is 90.7. The van der Waals surface area contributed by atoms with Gasteiger partial charge < -0.3 is 23.8 Å². The molecule has 0 spiro atoms. The molecule has 0 aliphatic carbocycles. The Morgan fingerprint density at radius 1 is 0.248 bits per heavy atom. The lowest BCUT2D eigenvalue weighted by Gasteiger charge is -2.05. The summed E-state index contributed by atoms with van der Waals surface area (Å²) in [6.07, 6.45) is 21.3. The molecule has 0 saturated heterocycles. The number of pyridine rings is 4. The maximum absolute atomic E-state index is 5.65. The molecule has 13 aromatic heterocycles. The van der Waals surface area contributed by atoms with Crippen molar-refractivity contribution in [1.82, 2.24) is 64.2 Å². The highest BCUT2D eigenvalue weighted by atomic mass is 32.1. The van der Waals surface area contributed by atoms with Crippen molar-refractivity contribution in [1.29, 1.82) is 0 Å². The van der Waals surface area contributed by atoms with E-state index in [1.807, 2.05) is 401 Å². The fourth-order valence-electron chi connectivity index (χ4n) is 15.0. The number of hydrogen-bond acceptors (Lipinski definition) is 12. The van der Waals surface area contributed by atoms with E-state index in [2.05, 4.69) is 258 Å². The van der Waals surface area contributed by atoms with E-state index in [4.69, 9.17) is 8.83 Å². The SMILES string of the molecule is CC.CC.CC.CC.CC.CC.CC.CC.CC.CC.CC.c1ccc2[nH]ccc2c1.c1ccc2c(c1)[nH]c1ccccc12.c1ccc2c(c1)c1ccccc1c1[nH]cnc21.c1ccc2c(c1)nc1ccccn12.c1ccc2c(c1)oc1ccccc12.c1ccc2c(c1)sc1ccccc12.c1ccc2ncccc2c1.c1ccc2nccnc2c1.c1ccc2ncncc2c1.c1ccc2occc2c1.c1cnc2ccncc2c1. The molecule has 13 heterocycles. The number of furan rings is 2. The van der Waals surface area contributed by atoms with Gasteiger partial charge in [0.05, 0.1) is 62.2 Å². The van der Waals surface area contributed by atoms with Gasteiger partial charge in [-0.15, -0.1) is 11.3 Å². The molecule has 28 aromatic rings. The number of rotatable bonds is 0. The molecule has 15 nitrogen and oxygen atoms in total. The number of hydrogen-bond donors (Lipinski definition) is 3. The van der Waals surface area contributed by atoms with Crippen molar-refractivity contribution < 1.29 is 8.83 Å². The monoisotopic (exact) mass is 1990 g/mol. The molecule has 0 fully saturated rings. The highest BCUT2D eigenvalue weighted by molar-refractivity contribution is 7.25. The summed E-state index contributed by atoms with van der Waals surface area (Å²) in [5.74, 6) is 0. The van der Waals surface area contributed by atoms with Crippen molar-refractivity contribution in [2.45, 2.75) is 152 Å². The van der Waals surface area contributed by atoms with Gasteiger partial charge in [0, 0.05) is 146 Å². The van der Waals surface area contributed by atoms with E-state index in [1.54, 1.807) is 43.7 Å². The minimum atomic E-state index is 0.949. The van der Waals surface area contributed by atoms with Gasteiger partial charge in [0.15, 0.2) is 0 Å². The van der Waals surface area contributed by atoms with Crippen LogP contribution in [0.2, 0.25) is 0 Å². The largest absolute Gasteiger partial charge is 0.464 e. The highest BCUT2D eigenvalue weighted by Gasteiger charge is 2.11. The Bertz CT molecular complexity index is 7100. The van der Waals surface area contributed by atoms with Gasteiger partial charge in [-0.2, -0.15) is 0 Å². The van der Waals surface area contributed by atoms with Crippen LogP contribution in [0, 0.1) is 0 Å². The number of fused-ring (bicyclic) bond motifs is 24. The van der Waals surface area contributed by atoms with Crippen LogP contribution in [-0.2, 0) is 0 Å². The summed E-state index contributed by atoms with van der Waals surface area (Å²) in [6, 6.07) is 135. The number of nitrogens with one attached hydrogen (secondary N) is 3. The summed E-state index contributed by atoms with van der Waals surface area (Å²) in [4.78, 5) is 47.2. The molecule has 0 atom stereocenters. The average molecular weight is 1990 g/mol. The van der Waals surface area contributed by atoms with E-state index in [0.717, 1.165) is 88.2 Å². The lowest BCUT2D eigenvalue weighted by molar-refractivity contribution is 0.616. The number of aromatic nitrogens is 13. The fraction of sp³-hybridized carbons (Fsp3) is 0.165. The lowest BCUT2D eigenvalue weighted by Crippen LogP contribution is -1.81. The Kier molecular flexibility index (Phi) is 55.5. The molecular formula is C133H147N13O2S. The second-order valence-corrected chi connectivity index (χ2v) is 30.2. The van der Waals surface area contributed by atoms with Gasteiger partial charge in [-0.05, 0) is 150 Å². The van der Waals surface area contributed by atoms with Gasteiger partial charge in [0.2, 0.25) is 0 Å². The Balaban J connectivity index is 0.000000218. The van der Waals surface area contributed by atoms with Crippen LogP contribution >= 0.6 is 11.3 Å². The summed E-state index contributed by atoms with van der Waals surface area (Å²) in [6.45, 7) is 44.0. The van der Waals surface area contributed by atoms with Gasteiger partial charge in [-0.1, -0.05) is 419 Å². The third kappa shape index (κ3) is 33.9. The predicted molar refractivity (Wildman–Crippen MR) is 652 cm³/mol. The van der Waals surface area contributed by atoms with E-state index in [-0.39, 0.29) is 0 Å². The van der Waals surface area contributed by atoms with Crippen molar-refractivity contribution in [3.63, 3.8) is 0 Å². The second-order valence-electron chi connectivity index (χ2n) is 29.1. The zero-order valence-corrected chi connectivity index (χ0v) is 91.5. The molecule has 0 saturated carbocycles. The molecule has 0 unspecified atom stereocenters. The Labute approximate surface area is 884 Å². The molecule has 0 radical (unpaired) electrons. The number of aromatic amines is 3. The van der Waals surface area contributed by atoms with E-state index in [9.17, 15) is 0 Å². The van der Waals surface area contributed by atoms with Crippen molar-refractivity contribution in [3.8, 4) is 0 Å². The van der Waals surface area contributed by atoms with Gasteiger partial charge >= 0.3 is 0 Å². The molecule has 16 heteroatoms. The first-order chi connectivity index (χ1) is 74.0. The van der Waals surface area contributed by atoms with Crippen molar-refractivity contribution in [2.75, 3.05) is 0 Å². The van der Waals surface area contributed by atoms with Gasteiger partial charge in [-0.3, -0.25) is 29.3 Å². The van der Waals surface area contributed by atoms with Crippen LogP contribution in [0.1, 0.15) is 152 Å². The fourth-order valence-corrected chi connectivity index (χ4v) is 16.1. The molecular weight excluding hydrogens is 1840 g/mol. The molecule has 0 amide bonds. The van der Waals surface area contributed by atoms with Crippen molar-refractivity contribution in [2.24, 2.45) is 0 Å². The van der Waals surface area contributed by atoms with E-state index in [1.165, 1.54) is 90.6 Å². The summed E-state index contributed by atoms with van der Waals surface area (Å²) in [7, 11) is 0. The van der Waals surface area contributed by atoms with Crippen LogP contribution in [-0.4, -0.2) is 64.2 Å². The van der Waals surface area contributed by atoms with Crippen LogP contribution in [0.15, 0.2) is 484 Å².